The van der Waals surface area contributed by atoms with Crippen LogP contribution < -0.4 is 10.6 Å². The van der Waals surface area contributed by atoms with Gasteiger partial charge in [0.25, 0.3) is 5.91 Å². The molecule has 0 bridgehead atoms. The van der Waals surface area contributed by atoms with Gasteiger partial charge in [0.1, 0.15) is 5.69 Å². The molecular formula is C14H22N4O. The third-order valence-electron chi connectivity index (χ3n) is 3.07. The first kappa shape index (κ1) is 13.8. The molecule has 1 heterocycles. The molecule has 1 aromatic rings. The Kier molecular flexibility index (Phi) is 4.02. The van der Waals surface area contributed by atoms with Gasteiger partial charge in [0.15, 0.2) is 0 Å². The highest BCUT2D eigenvalue weighted by molar-refractivity contribution is 5.92. The van der Waals surface area contributed by atoms with Crippen molar-refractivity contribution in [3.63, 3.8) is 0 Å². The number of nitrogens with zero attached hydrogens (tertiary/aromatic N) is 2. The van der Waals surface area contributed by atoms with Crippen LogP contribution in [-0.2, 0) is 0 Å². The lowest BCUT2D eigenvalue weighted by Crippen LogP contribution is -2.33. The Morgan fingerprint density at radius 2 is 2.00 bits per heavy atom. The van der Waals surface area contributed by atoms with E-state index in [1.165, 1.54) is 12.8 Å². The third-order valence-corrected chi connectivity index (χ3v) is 3.07. The van der Waals surface area contributed by atoms with Crippen LogP contribution in [0.1, 0.15) is 56.9 Å². The normalized spacial score (nSPS) is 16.4. The molecule has 1 fully saturated rings. The zero-order valence-electron chi connectivity index (χ0n) is 11.9. The molecule has 0 aromatic carbocycles. The van der Waals surface area contributed by atoms with E-state index in [1.54, 1.807) is 12.3 Å². The highest BCUT2D eigenvalue weighted by atomic mass is 16.1. The van der Waals surface area contributed by atoms with E-state index in [0.29, 0.717) is 17.7 Å². The SMILES string of the molecule is CC(C)(C)Nc1nccc(C(=O)NC2CCCC2)n1. The summed E-state index contributed by atoms with van der Waals surface area (Å²) in [7, 11) is 0. The Morgan fingerprint density at radius 1 is 1.32 bits per heavy atom. The van der Waals surface area contributed by atoms with Crippen molar-refractivity contribution in [2.45, 2.75) is 58.0 Å². The maximum absolute atomic E-state index is 12.1. The van der Waals surface area contributed by atoms with Crippen LogP contribution in [0.5, 0.6) is 0 Å². The van der Waals surface area contributed by atoms with E-state index in [1.807, 2.05) is 20.8 Å². The van der Waals surface area contributed by atoms with Crippen molar-refractivity contribution in [1.29, 1.82) is 0 Å². The highest BCUT2D eigenvalue weighted by Gasteiger charge is 2.19. The van der Waals surface area contributed by atoms with Crippen molar-refractivity contribution in [3.8, 4) is 0 Å². The summed E-state index contributed by atoms with van der Waals surface area (Å²) in [6.45, 7) is 6.09. The summed E-state index contributed by atoms with van der Waals surface area (Å²) in [5.41, 5.74) is 0.300. The van der Waals surface area contributed by atoms with Gasteiger partial charge in [0.2, 0.25) is 5.95 Å². The van der Waals surface area contributed by atoms with Gasteiger partial charge >= 0.3 is 0 Å². The van der Waals surface area contributed by atoms with E-state index < -0.39 is 0 Å². The van der Waals surface area contributed by atoms with Crippen molar-refractivity contribution >= 4 is 11.9 Å². The van der Waals surface area contributed by atoms with Crippen LogP contribution in [0.3, 0.4) is 0 Å². The van der Waals surface area contributed by atoms with E-state index in [2.05, 4.69) is 20.6 Å². The van der Waals surface area contributed by atoms with Gasteiger partial charge < -0.3 is 10.6 Å². The molecule has 104 valence electrons. The van der Waals surface area contributed by atoms with Gasteiger partial charge in [-0.25, -0.2) is 9.97 Å². The number of rotatable bonds is 3. The molecule has 1 saturated carbocycles. The molecule has 1 aliphatic rings. The predicted molar refractivity (Wildman–Crippen MR) is 75.1 cm³/mol. The zero-order valence-corrected chi connectivity index (χ0v) is 11.9. The Labute approximate surface area is 114 Å². The first-order valence-electron chi connectivity index (χ1n) is 6.86. The fourth-order valence-corrected chi connectivity index (χ4v) is 2.21. The Bertz CT molecular complexity index is 447. The lowest BCUT2D eigenvalue weighted by molar-refractivity contribution is 0.0932. The number of amides is 1. The minimum Gasteiger partial charge on any atom is -0.350 e. The molecule has 1 amide bonds. The minimum atomic E-state index is -0.124. The van der Waals surface area contributed by atoms with E-state index in [0.717, 1.165) is 12.8 Å². The van der Waals surface area contributed by atoms with Crippen molar-refractivity contribution in [2.75, 3.05) is 5.32 Å². The van der Waals surface area contributed by atoms with Crippen molar-refractivity contribution < 1.29 is 4.79 Å². The van der Waals surface area contributed by atoms with Gasteiger partial charge in [-0.3, -0.25) is 4.79 Å². The number of anilines is 1. The average Bonchev–Trinajstić information content (AvgIpc) is 2.80. The lowest BCUT2D eigenvalue weighted by Gasteiger charge is -2.20. The monoisotopic (exact) mass is 262 g/mol. The van der Waals surface area contributed by atoms with E-state index in [4.69, 9.17) is 0 Å². The molecule has 0 unspecified atom stereocenters. The predicted octanol–water partition coefficient (Wildman–Crippen LogP) is 2.36. The molecule has 0 aliphatic heterocycles. The number of carbonyl (C=O) groups excluding carboxylic acids is 1. The fraction of sp³-hybridized carbons (Fsp3) is 0.643. The second-order valence-electron chi connectivity index (χ2n) is 6.10. The molecule has 0 atom stereocenters. The van der Waals surface area contributed by atoms with Crippen molar-refractivity contribution in [3.05, 3.63) is 18.0 Å². The molecule has 2 N–H and O–H groups in total. The summed E-state index contributed by atoms with van der Waals surface area (Å²) in [5.74, 6) is 0.387. The molecule has 0 saturated heterocycles. The summed E-state index contributed by atoms with van der Waals surface area (Å²) >= 11 is 0. The summed E-state index contributed by atoms with van der Waals surface area (Å²) < 4.78 is 0. The number of hydrogen-bond acceptors (Lipinski definition) is 4. The second-order valence-corrected chi connectivity index (χ2v) is 6.10. The van der Waals surface area contributed by atoms with E-state index in [-0.39, 0.29) is 11.4 Å². The molecule has 0 radical (unpaired) electrons. The molecule has 5 nitrogen and oxygen atoms in total. The quantitative estimate of drug-likeness (QED) is 0.877. The second kappa shape index (κ2) is 5.55. The number of aromatic nitrogens is 2. The molecule has 1 aromatic heterocycles. The third kappa shape index (κ3) is 4.19. The number of nitrogens with one attached hydrogen (secondary N) is 2. The molecule has 2 rings (SSSR count). The van der Waals surface area contributed by atoms with Gasteiger partial charge in [0, 0.05) is 17.8 Å². The lowest BCUT2D eigenvalue weighted by atomic mass is 10.1. The van der Waals surface area contributed by atoms with E-state index >= 15 is 0 Å². The van der Waals surface area contributed by atoms with Gasteiger partial charge in [-0.05, 0) is 39.7 Å². The number of hydrogen-bond donors (Lipinski definition) is 2. The standard InChI is InChI=1S/C14H22N4O/c1-14(2,3)18-13-15-9-8-11(17-13)12(19)16-10-6-4-5-7-10/h8-10H,4-7H2,1-3H3,(H,16,19)(H,15,17,18). The molecule has 5 heteroatoms. The zero-order chi connectivity index (χ0) is 13.9. The van der Waals surface area contributed by atoms with Crippen LogP contribution in [0.4, 0.5) is 5.95 Å². The van der Waals surface area contributed by atoms with Crippen LogP contribution in [0.25, 0.3) is 0 Å². The Hall–Kier alpha value is -1.65. The maximum Gasteiger partial charge on any atom is 0.270 e. The summed E-state index contributed by atoms with van der Waals surface area (Å²) in [4.78, 5) is 20.5. The topological polar surface area (TPSA) is 66.9 Å². The maximum atomic E-state index is 12.1. The minimum absolute atomic E-state index is 0.105. The molecule has 0 spiro atoms. The average molecular weight is 262 g/mol. The molecule has 1 aliphatic carbocycles. The van der Waals surface area contributed by atoms with Crippen LogP contribution >= 0.6 is 0 Å². The van der Waals surface area contributed by atoms with Crippen LogP contribution in [0.15, 0.2) is 12.3 Å². The largest absolute Gasteiger partial charge is 0.350 e. The van der Waals surface area contributed by atoms with Crippen LogP contribution in [0, 0.1) is 0 Å². The Balaban J connectivity index is 2.03. The van der Waals surface area contributed by atoms with E-state index in [9.17, 15) is 4.79 Å². The van der Waals surface area contributed by atoms with Gasteiger partial charge in [0.05, 0.1) is 0 Å². The number of carbonyl (C=O) groups is 1. The summed E-state index contributed by atoms with van der Waals surface area (Å²) in [5, 5.41) is 6.20. The summed E-state index contributed by atoms with van der Waals surface area (Å²) in [6.07, 6.45) is 6.16. The van der Waals surface area contributed by atoms with Gasteiger partial charge in [-0.15, -0.1) is 0 Å². The fourth-order valence-electron chi connectivity index (χ4n) is 2.21. The summed E-state index contributed by atoms with van der Waals surface area (Å²) in [6, 6.07) is 1.96. The van der Waals surface area contributed by atoms with Crippen LogP contribution in [-0.4, -0.2) is 27.5 Å². The Morgan fingerprint density at radius 3 is 2.63 bits per heavy atom. The molecular weight excluding hydrogens is 240 g/mol. The van der Waals surface area contributed by atoms with Gasteiger partial charge in [-0.1, -0.05) is 12.8 Å². The van der Waals surface area contributed by atoms with Gasteiger partial charge in [-0.2, -0.15) is 0 Å². The highest BCUT2D eigenvalue weighted by Crippen LogP contribution is 2.18. The smallest absolute Gasteiger partial charge is 0.270 e. The first-order valence-corrected chi connectivity index (χ1v) is 6.86. The molecule has 19 heavy (non-hydrogen) atoms. The van der Waals surface area contributed by atoms with Crippen molar-refractivity contribution in [1.82, 2.24) is 15.3 Å². The van der Waals surface area contributed by atoms with Crippen LogP contribution in [0.2, 0.25) is 0 Å². The first-order chi connectivity index (χ1) is 8.94. The van der Waals surface area contributed by atoms with Crippen molar-refractivity contribution in [2.24, 2.45) is 0 Å².